The molecule has 7 heteroatoms. The number of aryl methyl sites for hydroxylation is 2. The number of nitrogens with one attached hydrogen (secondary N) is 2. The summed E-state index contributed by atoms with van der Waals surface area (Å²) in [5.41, 5.74) is 2.96. The van der Waals surface area contributed by atoms with Crippen LogP contribution in [0.15, 0.2) is 71.9 Å². The lowest BCUT2D eigenvalue weighted by atomic mass is 10.1. The molecule has 1 heterocycles. The monoisotopic (exact) mass is 381 g/mol. The third-order valence-corrected chi connectivity index (χ3v) is 5.35. The minimum absolute atomic E-state index is 0.0227. The average Bonchev–Trinajstić information content (AvgIpc) is 2.62. The average molecular weight is 381 g/mol. The van der Waals surface area contributed by atoms with Gasteiger partial charge in [0.1, 0.15) is 0 Å². The van der Waals surface area contributed by atoms with Crippen LogP contribution in [0.1, 0.15) is 21.5 Å². The van der Waals surface area contributed by atoms with Gasteiger partial charge in [-0.2, -0.15) is 0 Å². The first-order valence-electron chi connectivity index (χ1n) is 8.27. The molecule has 2 aromatic carbocycles. The molecule has 6 nitrogen and oxygen atoms in total. The van der Waals surface area contributed by atoms with Gasteiger partial charge in [-0.25, -0.2) is 8.42 Å². The number of pyridine rings is 1. The Bertz CT molecular complexity index is 1080. The fourth-order valence-corrected chi connectivity index (χ4v) is 3.64. The third kappa shape index (κ3) is 4.51. The Morgan fingerprint density at radius 2 is 1.67 bits per heavy atom. The molecule has 0 aliphatic rings. The van der Waals surface area contributed by atoms with Crippen molar-refractivity contribution in [1.29, 1.82) is 0 Å². The second kappa shape index (κ2) is 7.59. The van der Waals surface area contributed by atoms with Gasteiger partial charge in [-0.3, -0.25) is 14.5 Å². The van der Waals surface area contributed by atoms with Gasteiger partial charge in [0.05, 0.1) is 4.90 Å². The molecule has 138 valence electrons. The van der Waals surface area contributed by atoms with Gasteiger partial charge in [0.2, 0.25) is 0 Å². The van der Waals surface area contributed by atoms with Crippen LogP contribution in [0.25, 0.3) is 0 Å². The Morgan fingerprint density at radius 1 is 0.926 bits per heavy atom. The second-order valence-corrected chi connectivity index (χ2v) is 7.82. The molecule has 0 aliphatic heterocycles. The van der Waals surface area contributed by atoms with Crippen molar-refractivity contribution in [2.75, 3.05) is 10.0 Å². The summed E-state index contributed by atoms with van der Waals surface area (Å²) in [5.74, 6) is -0.383. The maximum Gasteiger partial charge on any atom is 0.261 e. The summed E-state index contributed by atoms with van der Waals surface area (Å²) in [6.07, 6.45) is 3.13. The summed E-state index contributed by atoms with van der Waals surface area (Å²) in [6.45, 7) is 3.64. The number of hydrogen-bond donors (Lipinski definition) is 2. The van der Waals surface area contributed by atoms with Gasteiger partial charge in [-0.15, -0.1) is 0 Å². The Kier molecular flexibility index (Phi) is 5.23. The van der Waals surface area contributed by atoms with Crippen LogP contribution in [-0.2, 0) is 10.0 Å². The first kappa shape index (κ1) is 18.6. The lowest BCUT2D eigenvalue weighted by Gasteiger charge is -2.12. The zero-order valence-electron chi connectivity index (χ0n) is 14.9. The smallest absolute Gasteiger partial charge is 0.261 e. The molecule has 0 atom stereocenters. The molecule has 0 radical (unpaired) electrons. The zero-order valence-corrected chi connectivity index (χ0v) is 15.7. The lowest BCUT2D eigenvalue weighted by Crippen LogP contribution is -2.17. The third-order valence-electron chi connectivity index (χ3n) is 3.97. The highest BCUT2D eigenvalue weighted by Crippen LogP contribution is 2.21. The molecule has 0 aliphatic carbocycles. The quantitative estimate of drug-likeness (QED) is 0.704. The van der Waals surface area contributed by atoms with Gasteiger partial charge in [0.25, 0.3) is 15.9 Å². The number of carbonyl (C=O) groups is 1. The Balaban J connectivity index is 1.89. The predicted molar refractivity (Wildman–Crippen MR) is 105 cm³/mol. The van der Waals surface area contributed by atoms with E-state index >= 15 is 0 Å². The molecular formula is C20H19N3O3S. The van der Waals surface area contributed by atoms with Crippen molar-refractivity contribution >= 4 is 27.3 Å². The van der Waals surface area contributed by atoms with E-state index in [0.717, 1.165) is 5.56 Å². The second-order valence-electron chi connectivity index (χ2n) is 6.14. The summed E-state index contributed by atoms with van der Waals surface area (Å²) < 4.78 is 28.0. The van der Waals surface area contributed by atoms with Gasteiger partial charge >= 0.3 is 0 Å². The molecule has 0 unspecified atom stereocenters. The number of benzene rings is 2. The van der Waals surface area contributed by atoms with E-state index in [0.29, 0.717) is 22.5 Å². The van der Waals surface area contributed by atoms with Crippen LogP contribution >= 0.6 is 0 Å². The van der Waals surface area contributed by atoms with Crippen LogP contribution in [0.3, 0.4) is 0 Å². The molecule has 3 rings (SSSR count). The summed E-state index contributed by atoms with van der Waals surface area (Å²) >= 11 is 0. The Morgan fingerprint density at radius 3 is 2.37 bits per heavy atom. The van der Waals surface area contributed by atoms with Crippen molar-refractivity contribution in [2.24, 2.45) is 0 Å². The summed E-state index contributed by atoms with van der Waals surface area (Å²) in [7, 11) is -3.82. The lowest BCUT2D eigenvalue weighted by molar-refractivity contribution is 0.102. The molecule has 1 amide bonds. The number of nitrogens with zero attached hydrogens (tertiary/aromatic N) is 1. The van der Waals surface area contributed by atoms with Gasteiger partial charge in [-0.1, -0.05) is 18.2 Å². The first-order chi connectivity index (χ1) is 12.8. The van der Waals surface area contributed by atoms with Crippen LogP contribution in [0.2, 0.25) is 0 Å². The number of sulfonamides is 1. The number of amides is 1. The van der Waals surface area contributed by atoms with Gasteiger partial charge < -0.3 is 5.32 Å². The zero-order chi connectivity index (χ0) is 19.4. The fraction of sp³-hybridized carbons (Fsp3) is 0.100. The van der Waals surface area contributed by atoms with Crippen molar-refractivity contribution < 1.29 is 13.2 Å². The Labute approximate surface area is 158 Å². The van der Waals surface area contributed by atoms with E-state index in [9.17, 15) is 13.2 Å². The minimum Gasteiger partial charge on any atom is -0.322 e. The maximum absolute atomic E-state index is 12.7. The Hall–Kier alpha value is -3.19. The van der Waals surface area contributed by atoms with Crippen LogP contribution in [-0.4, -0.2) is 19.3 Å². The van der Waals surface area contributed by atoms with E-state index < -0.39 is 10.0 Å². The number of hydrogen-bond acceptors (Lipinski definition) is 4. The van der Waals surface area contributed by atoms with Crippen molar-refractivity contribution in [3.05, 3.63) is 83.7 Å². The van der Waals surface area contributed by atoms with Crippen molar-refractivity contribution in [3.8, 4) is 0 Å². The molecule has 2 N–H and O–H groups in total. The first-order valence-corrected chi connectivity index (χ1v) is 9.75. The highest BCUT2D eigenvalue weighted by atomic mass is 32.2. The molecule has 0 saturated carbocycles. The van der Waals surface area contributed by atoms with Crippen LogP contribution in [0.5, 0.6) is 0 Å². The molecule has 1 aromatic heterocycles. The largest absolute Gasteiger partial charge is 0.322 e. The topological polar surface area (TPSA) is 88.2 Å². The predicted octanol–water partition coefficient (Wildman–Crippen LogP) is 3.75. The van der Waals surface area contributed by atoms with E-state index in [1.807, 2.05) is 13.0 Å². The van der Waals surface area contributed by atoms with E-state index in [2.05, 4.69) is 15.0 Å². The summed E-state index contributed by atoms with van der Waals surface area (Å²) in [4.78, 5) is 16.5. The normalized spacial score (nSPS) is 11.0. The summed E-state index contributed by atoms with van der Waals surface area (Å²) in [6, 6.07) is 14.9. The molecular weight excluding hydrogens is 362 g/mol. The molecule has 0 bridgehead atoms. The number of anilines is 2. The minimum atomic E-state index is -3.82. The van der Waals surface area contributed by atoms with Crippen molar-refractivity contribution in [1.82, 2.24) is 4.98 Å². The molecule has 27 heavy (non-hydrogen) atoms. The molecule has 0 saturated heterocycles. The standard InChI is InChI=1S/C20H19N3O3S/c1-14-4-3-5-17(12-14)23-27(25,26)18-7-6-15(2)19(13-18)20(24)22-16-8-10-21-11-9-16/h3-13,23H,1-2H3,(H,21,22,24). The van der Waals surface area contributed by atoms with Crippen molar-refractivity contribution in [2.45, 2.75) is 18.7 Å². The van der Waals surface area contributed by atoms with E-state index in [1.54, 1.807) is 55.7 Å². The van der Waals surface area contributed by atoms with Crippen LogP contribution in [0, 0.1) is 13.8 Å². The van der Waals surface area contributed by atoms with Gasteiger partial charge in [0.15, 0.2) is 0 Å². The van der Waals surface area contributed by atoms with Crippen LogP contribution in [0.4, 0.5) is 11.4 Å². The fourth-order valence-electron chi connectivity index (χ4n) is 2.57. The highest BCUT2D eigenvalue weighted by molar-refractivity contribution is 7.92. The number of carbonyl (C=O) groups excluding carboxylic acids is 1. The maximum atomic E-state index is 12.7. The molecule has 0 spiro atoms. The van der Waals surface area contributed by atoms with Gasteiger partial charge in [0, 0.05) is 29.3 Å². The van der Waals surface area contributed by atoms with Crippen LogP contribution < -0.4 is 10.0 Å². The van der Waals surface area contributed by atoms with Crippen molar-refractivity contribution in [3.63, 3.8) is 0 Å². The SMILES string of the molecule is Cc1cccc(NS(=O)(=O)c2ccc(C)c(C(=O)Nc3ccncc3)c2)c1. The number of aromatic nitrogens is 1. The van der Waals surface area contributed by atoms with E-state index in [-0.39, 0.29) is 10.8 Å². The van der Waals surface area contributed by atoms with E-state index in [1.165, 1.54) is 12.1 Å². The molecule has 3 aromatic rings. The molecule has 0 fully saturated rings. The van der Waals surface area contributed by atoms with Gasteiger partial charge in [-0.05, 0) is 61.4 Å². The highest BCUT2D eigenvalue weighted by Gasteiger charge is 2.18. The number of rotatable bonds is 5. The summed E-state index contributed by atoms with van der Waals surface area (Å²) in [5, 5.41) is 2.74. The van der Waals surface area contributed by atoms with E-state index in [4.69, 9.17) is 0 Å².